The van der Waals surface area contributed by atoms with Gasteiger partial charge in [-0.05, 0) is 48.2 Å². The fraction of sp³-hybridized carbons (Fsp3) is 0.269. The van der Waals surface area contributed by atoms with E-state index in [1.165, 1.54) is 15.9 Å². The average molecular weight is 476 g/mol. The predicted octanol–water partition coefficient (Wildman–Crippen LogP) is 5.30. The number of halogens is 1. The van der Waals surface area contributed by atoms with Crippen LogP contribution < -0.4 is 15.2 Å². The standard InChI is InChI=1S/C26H26ClN5O2/c1-26(2,17-3-7-20(8-4-17)33-22-13-19(28)14-22)18-5-9-21(10-6-18)34-23-15-24(27)25(29-16-23)32-30-11-12-31-32/h3-12,15-16,19,22H,13-14,28H2,1-2H3/t19-,22-. The Kier molecular flexibility index (Phi) is 5.98. The first-order valence-electron chi connectivity index (χ1n) is 11.2. The molecule has 0 aliphatic heterocycles. The van der Waals surface area contributed by atoms with E-state index in [0.29, 0.717) is 22.3 Å². The molecule has 0 radical (unpaired) electrons. The number of benzene rings is 2. The third-order valence-corrected chi connectivity index (χ3v) is 6.50. The smallest absolute Gasteiger partial charge is 0.193 e. The number of ether oxygens (including phenoxy) is 2. The summed E-state index contributed by atoms with van der Waals surface area (Å²) in [5, 5.41) is 8.50. The van der Waals surface area contributed by atoms with Crippen molar-refractivity contribution in [3.8, 4) is 23.1 Å². The summed E-state index contributed by atoms with van der Waals surface area (Å²) in [5.41, 5.74) is 8.05. The van der Waals surface area contributed by atoms with Crippen LogP contribution in [0.4, 0.5) is 0 Å². The van der Waals surface area contributed by atoms with Crippen LogP contribution in [0.5, 0.6) is 17.2 Å². The quantitative estimate of drug-likeness (QED) is 0.390. The van der Waals surface area contributed by atoms with Gasteiger partial charge in [0.05, 0.1) is 23.6 Å². The minimum Gasteiger partial charge on any atom is -0.490 e. The van der Waals surface area contributed by atoms with E-state index >= 15 is 0 Å². The summed E-state index contributed by atoms with van der Waals surface area (Å²) in [6, 6.07) is 18.4. The Bertz CT molecular complexity index is 1250. The Hall–Kier alpha value is -3.42. The maximum absolute atomic E-state index is 6.34. The van der Waals surface area contributed by atoms with E-state index in [2.05, 4.69) is 53.3 Å². The van der Waals surface area contributed by atoms with Gasteiger partial charge in [0.15, 0.2) is 5.82 Å². The summed E-state index contributed by atoms with van der Waals surface area (Å²) in [5.74, 6) is 2.58. The third-order valence-electron chi connectivity index (χ3n) is 6.23. The van der Waals surface area contributed by atoms with E-state index in [4.69, 9.17) is 26.8 Å². The van der Waals surface area contributed by atoms with Gasteiger partial charge in [-0.2, -0.15) is 10.2 Å². The number of nitrogens with zero attached hydrogens (tertiary/aromatic N) is 4. The molecule has 0 amide bonds. The molecule has 34 heavy (non-hydrogen) atoms. The van der Waals surface area contributed by atoms with Crippen LogP contribution in [0.3, 0.4) is 0 Å². The SMILES string of the molecule is CC(C)(c1ccc(Oc2cnc(-n3nccn3)c(Cl)c2)cc1)c1ccc(O[C@H]2C[C@H](N)C2)cc1. The molecule has 5 rings (SSSR count). The molecule has 1 saturated carbocycles. The topological polar surface area (TPSA) is 88.1 Å². The van der Waals surface area contributed by atoms with Gasteiger partial charge in [0.25, 0.3) is 0 Å². The number of nitrogens with two attached hydrogens (primary N) is 1. The molecule has 2 heterocycles. The summed E-state index contributed by atoms with van der Waals surface area (Å²) in [4.78, 5) is 5.68. The first-order valence-corrected chi connectivity index (χ1v) is 11.6. The van der Waals surface area contributed by atoms with Crippen molar-refractivity contribution < 1.29 is 9.47 Å². The molecule has 0 spiro atoms. The number of pyridine rings is 1. The number of hydrogen-bond acceptors (Lipinski definition) is 6. The van der Waals surface area contributed by atoms with Gasteiger partial charge in [-0.3, -0.25) is 0 Å². The summed E-state index contributed by atoms with van der Waals surface area (Å²) in [6.07, 6.45) is 6.83. The molecule has 1 aliphatic carbocycles. The van der Waals surface area contributed by atoms with Gasteiger partial charge >= 0.3 is 0 Å². The zero-order valence-corrected chi connectivity index (χ0v) is 19.8. The molecule has 174 valence electrons. The van der Waals surface area contributed by atoms with Crippen molar-refractivity contribution in [3.63, 3.8) is 0 Å². The van der Waals surface area contributed by atoms with Gasteiger partial charge in [-0.25, -0.2) is 4.98 Å². The summed E-state index contributed by atoms with van der Waals surface area (Å²) < 4.78 is 11.9. The van der Waals surface area contributed by atoms with E-state index in [0.717, 1.165) is 18.6 Å². The van der Waals surface area contributed by atoms with Crippen molar-refractivity contribution in [2.24, 2.45) is 5.73 Å². The second-order valence-electron chi connectivity index (χ2n) is 9.04. The van der Waals surface area contributed by atoms with Crippen LogP contribution in [0, 0.1) is 0 Å². The first-order chi connectivity index (χ1) is 16.4. The minimum absolute atomic E-state index is 0.181. The molecule has 2 aromatic carbocycles. The van der Waals surface area contributed by atoms with Gasteiger partial charge in [0.2, 0.25) is 0 Å². The molecule has 2 N–H and O–H groups in total. The van der Waals surface area contributed by atoms with Crippen LogP contribution in [0.2, 0.25) is 5.02 Å². The predicted molar refractivity (Wildman–Crippen MR) is 131 cm³/mol. The molecule has 2 aromatic heterocycles. The van der Waals surface area contributed by atoms with Crippen molar-refractivity contribution in [1.29, 1.82) is 0 Å². The molecule has 0 bridgehead atoms. The number of hydrogen-bond donors (Lipinski definition) is 1. The van der Waals surface area contributed by atoms with Crippen molar-refractivity contribution in [2.45, 2.75) is 44.2 Å². The lowest BCUT2D eigenvalue weighted by molar-refractivity contribution is 0.101. The molecule has 0 atom stereocenters. The second-order valence-corrected chi connectivity index (χ2v) is 9.45. The Labute approximate surface area is 203 Å². The molecular formula is C26H26ClN5O2. The number of rotatable bonds is 7. The molecule has 8 heteroatoms. The van der Waals surface area contributed by atoms with Gasteiger partial charge in [-0.1, -0.05) is 49.7 Å². The van der Waals surface area contributed by atoms with Gasteiger partial charge in [0, 0.05) is 17.5 Å². The Morgan fingerprint density at radius 1 is 0.912 bits per heavy atom. The maximum Gasteiger partial charge on any atom is 0.193 e. The summed E-state index contributed by atoms with van der Waals surface area (Å²) >= 11 is 6.34. The zero-order chi connectivity index (χ0) is 23.7. The van der Waals surface area contributed by atoms with E-state index in [1.54, 1.807) is 24.7 Å². The lowest BCUT2D eigenvalue weighted by Gasteiger charge is -2.33. The maximum atomic E-state index is 6.34. The number of aromatic nitrogens is 4. The molecule has 0 saturated heterocycles. The van der Waals surface area contributed by atoms with E-state index in [1.807, 2.05) is 24.3 Å². The molecule has 4 aromatic rings. The summed E-state index contributed by atoms with van der Waals surface area (Å²) in [6.45, 7) is 4.41. The normalized spacial score (nSPS) is 17.8. The van der Waals surface area contributed by atoms with Crippen molar-refractivity contribution >= 4 is 11.6 Å². The highest BCUT2D eigenvalue weighted by atomic mass is 35.5. The second kappa shape index (κ2) is 9.08. The third kappa shape index (κ3) is 4.62. The van der Waals surface area contributed by atoms with Crippen LogP contribution in [0.25, 0.3) is 5.82 Å². The molecule has 1 fully saturated rings. The fourth-order valence-corrected chi connectivity index (χ4v) is 4.26. The lowest BCUT2D eigenvalue weighted by Crippen LogP contribution is -2.43. The van der Waals surface area contributed by atoms with Gasteiger partial charge in [-0.15, -0.1) is 4.80 Å². The largest absolute Gasteiger partial charge is 0.490 e. The molecule has 1 aliphatic rings. The van der Waals surface area contributed by atoms with E-state index < -0.39 is 0 Å². The van der Waals surface area contributed by atoms with E-state index in [9.17, 15) is 0 Å². The molecule has 7 nitrogen and oxygen atoms in total. The molecular weight excluding hydrogens is 450 g/mol. The highest BCUT2D eigenvalue weighted by molar-refractivity contribution is 6.32. The van der Waals surface area contributed by atoms with E-state index in [-0.39, 0.29) is 17.6 Å². The first kappa shape index (κ1) is 22.4. The Balaban J connectivity index is 1.26. The highest BCUT2D eigenvalue weighted by Gasteiger charge is 2.28. The van der Waals surface area contributed by atoms with Crippen molar-refractivity contribution in [3.05, 3.63) is 89.3 Å². The summed E-state index contributed by atoms with van der Waals surface area (Å²) in [7, 11) is 0. The van der Waals surface area contributed by atoms with Crippen LogP contribution in [0.15, 0.2) is 73.2 Å². The van der Waals surface area contributed by atoms with Crippen LogP contribution >= 0.6 is 11.6 Å². The van der Waals surface area contributed by atoms with Crippen LogP contribution in [0.1, 0.15) is 37.8 Å². The monoisotopic (exact) mass is 475 g/mol. The molecule has 0 unspecified atom stereocenters. The Morgan fingerprint density at radius 3 is 2.06 bits per heavy atom. The zero-order valence-electron chi connectivity index (χ0n) is 19.1. The lowest BCUT2D eigenvalue weighted by atomic mass is 9.78. The van der Waals surface area contributed by atoms with Crippen LogP contribution in [-0.4, -0.2) is 32.1 Å². The fourth-order valence-electron chi connectivity index (χ4n) is 4.03. The Morgan fingerprint density at radius 2 is 1.50 bits per heavy atom. The van der Waals surface area contributed by atoms with Gasteiger partial charge < -0.3 is 15.2 Å². The van der Waals surface area contributed by atoms with Crippen molar-refractivity contribution in [1.82, 2.24) is 20.0 Å². The highest BCUT2D eigenvalue weighted by Crippen LogP contribution is 2.35. The minimum atomic E-state index is -0.181. The average Bonchev–Trinajstić information content (AvgIpc) is 3.34. The van der Waals surface area contributed by atoms with Gasteiger partial charge in [0.1, 0.15) is 23.4 Å². The van der Waals surface area contributed by atoms with Crippen molar-refractivity contribution in [2.75, 3.05) is 0 Å². The van der Waals surface area contributed by atoms with Crippen LogP contribution in [-0.2, 0) is 5.41 Å².